The summed E-state index contributed by atoms with van der Waals surface area (Å²) in [6.45, 7) is 0.350. The van der Waals surface area contributed by atoms with Gasteiger partial charge in [0.1, 0.15) is 5.01 Å². The number of nitrogens with zero attached hydrogens (tertiary/aromatic N) is 3. The summed E-state index contributed by atoms with van der Waals surface area (Å²) >= 11 is 0.897. The SMILES string of the molecule is CN=C(NCc1cccc([N+](=O)[O-])c1)NCc1nc(C(F)(F)F)cs1. The highest BCUT2D eigenvalue weighted by atomic mass is 32.1. The van der Waals surface area contributed by atoms with Crippen molar-refractivity contribution in [2.24, 2.45) is 4.99 Å². The van der Waals surface area contributed by atoms with Crippen molar-refractivity contribution in [2.45, 2.75) is 19.3 Å². The van der Waals surface area contributed by atoms with E-state index in [2.05, 4.69) is 20.6 Å². The standard InChI is InChI=1S/C14H14F3N5O2S/c1-18-13(19-6-9-3-2-4-10(5-9)22(23)24)20-7-12-21-11(8-25-12)14(15,16)17/h2-5,8H,6-7H2,1H3,(H2,18,19,20). The predicted octanol–water partition coefficient (Wildman–Crippen LogP) is 2.94. The molecule has 25 heavy (non-hydrogen) atoms. The van der Waals surface area contributed by atoms with Crippen LogP contribution in [0.25, 0.3) is 0 Å². The minimum Gasteiger partial charge on any atom is -0.352 e. The van der Waals surface area contributed by atoms with Crippen LogP contribution in [0.5, 0.6) is 0 Å². The van der Waals surface area contributed by atoms with E-state index < -0.39 is 16.8 Å². The molecule has 11 heteroatoms. The van der Waals surface area contributed by atoms with E-state index in [4.69, 9.17) is 0 Å². The summed E-state index contributed by atoms with van der Waals surface area (Å²) < 4.78 is 37.5. The molecule has 0 unspecified atom stereocenters. The van der Waals surface area contributed by atoms with E-state index in [-0.39, 0.29) is 23.8 Å². The number of hydrogen-bond donors (Lipinski definition) is 2. The molecule has 0 spiro atoms. The van der Waals surface area contributed by atoms with Crippen LogP contribution in [-0.4, -0.2) is 22.9 Å². The van der Waals surface area contributed by atoms with Crippen LogP contribution < -0.4 is 10.6 Å². The molecule has 0 aliphatic rings. The van der Waals surface area contributed by atoms with Crippen LogP contribution in [0, 0.1) is 10.1 Å². The van der Waals surface area contributed by atoms with Crippen molar-refractivity contribution in [3.05, 3.63) is 56.0 Å². The number of thiazole rings is 1. The van der Waals surface area contributed by atoms with Crippen molar-refractivity contribution in [2.75, 3.05) is 7.05 Å². The maximum atomic E-state index is 12.5. The maximum absolute atomic E-state index is 12.5. The Hall–Kier alpha value is -2.69. The fourth-order valence-corrected chi connectivity index (χ4v) is 2.61. The lowest BCUT2D eigenvalue weighted by atomic mass is 10.2. The van der Waals surface area contributed by atoms with Crippen molar-refractivity contribution < 1.29 is 18.1 Å². The highest BCUT2D eigenvalue weighted by molar-refractivity contribution is 7.09. The van der Waals surface area contributed by atoms with E-state index >= 15 is 0 Å². The molecule has 0 atom stereocenters. The minimum atomic E-state index is -4.46. The van der Waals surface area contributed by atoms with Gasteiger partial charge in [0.25, 0.3) is 5.69 Å². The fraction of sp³-hybridized carbons (Fsp3) is 0.286. The van der Waals surface area contributed by atoms with Gasteiger partial charge in [0.2, 0.25) is 0 Å². The molecule has 0 aliphatic heterocycles. The topological polar surface area (TPSA) is 92.5 Å². The number of nitro benzene ring substituents is 1. The Kier molecular flexibility index (Phi) is 5.91. The second-order valence-corrected chi connectivity index (χ2v) is 5.77. The van der Waals surface area contributed by atoms with Gasteiger partial charge in [-0.2, -0.15) is 13.2 Å². The zero-order chi connectivity index (χ0) is 18.4. The minimum absolute atomic E-state index is 0.0234. The highest BCUT2D eigenvalue weighted by Crippen LogP contribution is 2.29. The lowest BCUT2D eigenvalue weighted by Crippen LogP contribution is -2.36. The predicted molar refractivity (Wildman–Crippen MR) is 87.3 cm³/mol. The number of halogens is 3. The normalized spacial score (nSPS) is 12.1. The van der Waals surface area contributed by atoms with Crippen LogP contribution in [0.3, 0.4) is 0 Å². The summed E-state index contributed by atoms with van der Waals surface area (Å²) in [5.41, 5.74) is -0.274. The van der Waals surface area contributed by atoms with Gasteiger partial charge >= 0.3 is 6.18 Å². The Morgan fingerprint density at radius 3 is 2.68 bits per heavy atom. The Morgan fingerprint density at radius 1 is 1.36 bits per heavy atom. The van der Waals surface area contributed by atoms with Crippen LogP contribution >= 0.6 is 11.3 Å². The number of alkyl halides is 3. The summed E-state index contributed by atoms with van der Waals surface area (Å²) in [6, 6.07) is 6.09. The Labute approximate surface area is 144 Å². The molecule has 0 amide bonds. The maximum Gasteiger partial charge on any atom is 0.434 e. The van der Waals surface area contributed by atoms with Crippen LogP contribution in [0.15, 0.2) is 34.6 Å². The molecular formula is C14H14F3N5O2S. The number of nitro groups is 1. The lowest BCUT2D eigenvalue weighted by Gasteiger charge is -2.11. The van der Waals surface area contributed by atoms with Gasteiger partial charge in [-0.1, -0.05) is 12.1 Å². The van der Waals surface area contributed by atoms with Gasteiger partial charge in [-0.3, -0.25) is 15.1 Å². The number of rotatable bonds is 5. The molecule has 0 fully saturated rings. The van der Waals surface area contributed by atoms with Crippen LogP contribution in [0.2, 0.25) is 0 Å². The van der Waals surface area contributed by atoms with E-state index in [1.165, 1.54) is 19.2 Å². The molecule has 0 bridgehead atoms. The first-order valence-electron chi connectivity index (χ1n) is 6.99. The summed E-state index contributed by atoms with van der Waals surface area (Å²) in [4.78, 5) is 17.7. The molecule has 134 valence electrons. The third-order valence-corrected chi connectivity index (χ3v) is 3.90. The monoisotopic (exact) mass is 373 g/mol. The summed E-state index contributed by atoms with van der Waals surface area (Å²) in [5, 5.41) is 17.7. The molecule has 2 N–H and O–H groups in total. The quantitative estimate of drug-likeness (QED) is 0.364. The van der Waals surface area contributed by atoms with E-state index in [0.29, 0.717) is 11.5 Å². The molecular weight excluding hydrogens is 359 g/mol. The number of guanidine groups is 1. The van der Waals surface area contributed by atoms with E-state index in [0.717, 1.165) is 16.7 Å². The second-order valence-electron chi connectivity index (χ2n) is 4.83. The summed E-state index contributed by atoms with van der Waals surface area (Å²) in [6.07, 6.45) is -4.46. The first kappa shape index (κ1) is 18.6. The molecule has 2 rings (SSSR count). The van der Waals surface area contributed by atoms with Gasteiger partial charge in [0.05, 0.1) is 11.5 Å². The third-order valence-electron chi connectivity index (χ3n) is 3.05. The zero-order valence-electron chi connectivity index (χ0n) is 13.0. The first-order chi connectivity index (χ1) is 11.8. The molecule has 0 radical (unpaired) electrons. The average Bonchev–Trinajstić information content (AvgIpc) is 3.04. The second kappa shape index (κ2) is 7.92. The van der Waals surface area contributed by atoms with Crippen molar-refractivity contribution in [3.63, 3.8) is 0 Å². The van der Waals surface area contributed by atoms with Gasteiger partial charge in [0.15, 0.2) is 11.7 Å². The van der Waals surface area contributed by atoms with Gasteiger partial charge in [-0.05, 0) is 5.56 Å². The molecule has 1 aromatic carbocycles. The summed E-state index contributed by atoms with van der Waals surface area (Å²) in [5.74, 6) is 0.343. The zero-order valence-corrected chi connectivity index (χ0v) is 13.8. The molecule has 0 saturated heterocycles. The highest BCUT2D eigenvalue weighted by Gasteiger charge is 2.33. The van der Waals surface area contributed by atoms with Gasteiger partial charge in [-0.15, -0.1) is 11.3 Å². The number of aromatic nitrogens is 1. The van der Waals surface area contributed by atoms with E-state index in [1.807, 2.05) is 0 Å². The van der Waals surface area contributed by atoms with Crippen molar-refractivity contribution in [3.8, 4) is 0 Å². The van der Waals surface area contributed by atoms with Crippen molar-refractivity contribution in [1.82, 2.24) is 15.6 Å². The molecule has 1 aromatic heterocycles. The lowest BCUT2D eigenvalue weighted by molar-refractivity contribution is -0.384. The summed E-state index contributed by atoms with van der Waals surface area (Å²) in [7, 11) is 1.51. The number of non-ortho nitro benzene ring substituents is 1. The molecule has 0 saturated carbocycles. The molecule has 7 nitrogen and oxygen atoms in total. The van der Waals surface area contributed by atoms with Crippen molar-refractivity contribution in [1.29, 1.82) is 0 Å². The van der Waals surface area contributed by atoms with Gasteiger partial charge < -0.3 is 10.6 Å². The number of aliphatic imine (C=N–C) groups is 1. The van der Waals surface area contributed by atoms with Crippen LogP contribution in [0.1, 0.15) is 16.3 Å². The molecule has 1 heterocycles. The van der Waals surface area contributed by atoms with Gasteiger partial charge in [0, 0.05) is 31.1 Å². The van der Waals surface area contributed by atoms with E-state index in [9.17, 15) is 23.3 Å². The van der Waals surface area contributed by atoms with E-state index in [1.54, 1.807) is 12.1 Å². The third kappa shape index (κ3) is 5.41. The molecule has 2 aromatic rings. The largest absolute Gasteiger partial charge is 0.434 e. The van der Waals surface area contributed by atoms with Crippen LogP contribution in [0.4, 0.5) is 18.9 Å². The number of hydrogen-bond acceptors (Lipinski definition) is 5. The smallest absolute Gasteiger partial charge is 0.352 e. The first-order valence-corrected chi connectivity index (χ1v) is 7.87. The van der Waals surface area contributed by atoms with Crippen molar-refractivity contribution >= 4 is 23.0 Å². The van der Waals surface area contributed by atoms with Gasteiger partial charge in [-0.25, -0.2) is 4.98 Å². The fourth-order valence-electron chi connectivity index (χ4n) is 1.87. The Morgan fingerprint density at radius 2 is 2.08 bits per heavy atom. The average molecular weight is 373 g/mol. The Balaban J connectivity index is 1.90. The number of nitrogens with one attached hydrogen (secondary N) is 2. The Bertz CT molecular complexity index is 776. The van der Waals surface area contributed by atoms with Crippen LogP contribution in [-0.2, 0) is 19.3 Å². The molecule has 0 aliphatic carbocycles. The number of benzene rings is 1.